The van der Waals surface area contributed by atoms with Gasteiger partial charge in [0.2, 0.25) is 5.82 Å². The third-order valence-corrected chi connectivity index (χ3v) is 4.63. The average Bonchev–Trinajstić information content (AvgIpc) is 3.03. The number of nitro benzene ring substituents is 1. The van der Waals surface area contributed by atoms with Gasteiger partial charge >= 0.3 is 0 Å². The van der Waals surface area contributed by atoms with Gasteiger partial charge in [0.05, 0.1) is 9.82 Å². The zero-order valence-corrected chi connectivity index (χ0v) is 14.3. The summed E-state index contributed by atoms with van der Waals surface area (Å²) in [5.41, 5.74) is 0.144. The van der Waals surface area contributed by atoms with Crippen LogP contribution in [-0.4, -0.2) is 39.8 Å². The Labute approximate surface area is 146 Å². The Bertz CT molecular complexity index is 1080. The van der Waals surface area contributed by atoms with Gasteiger partial charge in [0, 0.05) is 22.9 Å². The molecular formula is C14H10ClN5O4S. The smallest absolute Gasteiger partial charge is 0.258 e. The van der Waals surface area contributed by atoms with Gasteiger partial charge in [0.25, 0.3) is 5.69 Å². The highest BCUT2D eigenvalue weighted by atomic mass is 35.5. The Kier molecular flexibility index (Phi) is 4.23. The maximum atomic E-state index is 11.6. The minimum atomic E-state index is -3.59. The Balaban J connectivity index is 2.10. The first kappa shape index (κ1) is 17.0. The number of rotatable bonds is 4. The van der Waals surface area contributed by atoms with E-state index in [1.165, 1.54) is 12.1 Å². The Hall–Kier alpha value is -2.85. The quantitative estimate of drug-likeness (QED) is 0.503. The van der Waals surface area contributed by atoms with Crippen LogP contribution in [0.2, 0.25) is 5.02 Å². The monoisotopic (exact) mass is 379 g/mol. The van der Waals surface area contributed by atoms with Crippen LogP contribution in [0, 0.1) is 10.1 Å². The number of nitrogens with zero attached hydrogens (tertiary/aromatic N) is 5. The van der Waals surface area contributed by atoms with Crippen LogP contribution in [0.4, 0.5) is 5.69 Å². The Morgan fingerprint density at radius 1 is 1.20 bits per heavy atom. The van der Waals surface area contributed by atoms with Crippen molar-refractivity contribution in [3.05, 3.63) is 57.6 Å². The summed E-state index contributed by atoms with van der Waals surface area (Å²) in [5.74, 6) is 0.226. The molecule has 0 saturated carbocycles. The zero-order chi connectivity index (χ0) is 18.2. The number of tetrazole rings is 1. The molecule has 1 heterocycles. The van der Waals surface area contributed by atoms with E-state index >= 15 is 0 Å². The van der Waals surface area contributed by atoms with Gasteiger partial charge in [-0.05, 0) is 29.5 Å². The van der Waals surface area contributed by atoms with Crippen LogP contribution in [0.15, 0.2) is 47.4 Å². The molecule has 0 saturated heterocycles. The first-order chi connectivity index (χ1) is 11.8. The van der Waals surface area contributed by atoms with Gasteiger partial charge in [-0.15, -0.1) is 15.0 Å². The summed E-state index contributed by atoms with van der Waals surface area (Å²) in [6.45, 7) is 0. The summed E-state index contributed by atoms with van der Waals surface area (Å²) in [7, 11) is -3.59. The van der Waals surface area contributed by atoms with Crippen molar-refractivity contribution in [2.75, 3.05) is 6.26 Å². The molecule has 25 heavy (non-hydrogen) atoms. The van der Waals surface area contributed by atoms with Gasteiger partial charge < -0.3 is 0 Å². The molecule has 3 aromatic rings. The van der Waals surface area contributed by atoms with E-state index in [9.17, 15) is 18.5 Å². The molecule has 0 aliphatic carbocycles. The molecule has 0 unspecified atom stereocenters. The number of hydrogen-bond donors (Lipinski definition) is 0. The lowest BCUT2D eigenvalue weighted by molar-refractivity contribution is -0.384. The molecule has 1 aromatic heterocycles. The minimum absolute atomic E-state index is 0.00169. The van der Waals surface area contributed by atoms with E-state index in [-0.39, 0.29) is 16.4 Å². The second-order valence-corrected chi connectivity index (χ2v) is 7.54. The van der Waals surface area contributed by atoms with Crippen LogP contribution in [0.5, 0.6) is 0 Å². The number of aromatic nitrogens is 4. The lowest BCUT2D eigenvalue weighted by atomic mass is 10.2. The number of benzene rings is 2. The van der Waals surface area contributed by atoms with Crippen molar-refractivity contribution in [1.82, 2.24) is 20.2 Å². The van der Waals surface area contributed by atoms with Gasteiger partial charge in [-0.25, -0.2) is 8.42 Å². The number of halogens is 1. The van der Waals surface area contributed by atoms with Crippen molar-refractivity contribution in [3.63, 3.8) is 0 Å². The number of hydrogen-bond acceptors (Lipinski definition) is 7. The third-order valence-electron chi connectivity index (χ3n) is 3.28. The van der Waals surface area contributed by atoms with Crippen molar-refractivity contribution in [3.8, 4) is 17.1 Å². The molecule has 0 fully saturated rings. The Morgan fingerprint density at radius 3 is 2.60 bits per heavy atom. The molecule has 0 amide bonds. The van der Waals surface area contributed by atoms with Crippen LogP contribution in [-0.2, 0) is 9.84 Å². The maximum absolute atomic E-state index is 11.6. The van der Waals surface area contributed by atoms with Crippen LogP contribution in [0.1, 0.15) is 0 Å². The summed E-state index contributed by atoms with van der Waals surface area (Å²) < 4.78 is 23.2. The first-order valence-electron chi connectivity index (χ1n) is 6.80. The molecule has 0 bridgehead atoms. The Morgan fingerprint density at radius 2 is 1.96 bits per heavy atom. The molecule has 0 aliphatic heterocycles. The molecule has 11 heteroatoms. The molecule has 128 valence electrons. The van der Waals surface area contributed by atoms with Gasteiger partial charge in [-0.1, -0.05) is 23.7 Å². The fourth-order valence-electron chi connectivity index (χ4n) is 2.11. The normalized spacial score (nSPS) is 11.4. The summed E-state index contributed by atoms with van der Waals surface area (Å²) in [4.78, 5) is 11.4. The SMILES string of the molecule is CS(=O)(=O)c1ccc(-n2nnc(-c3cccc(Cl)c3)n2)c([N+](=O)[O-])c1. The first-order valence-corrected chi connectivity index (χ1v) is 9.07. The molecule has 0 spiro atoms. The van der Waals surface area contributed by atoms with Gasteiger partial charge in [0.15, 0.2) is 15.5 Å². The van der Waals surface area contributed by atoms with E-state index < -0.39 is 20.4 Å². The van der Waals surface area contributed by atoms with E-state index in [2.05, 4.69) is 15.4 Å². The summed E-state index contributed by atoms with van der Waals surface area (Å²) in [5, 5.41) is 23.6. The lowest BCUT2D eigenvalue weighted by Gasteiger charge is -2.03. The molecule has 0 N–H and O–H groups in total. The second-order valence-electron chi connectivity index (χ2n) is 5.09. The largest absolute Gasteiger partial charge is 0.298 e. The molecule has 9 nitrogen and oxygen atoms in total. The topological polar surface area (TPSA) is 121 Å². The van der Waals surface area contributed by atoms with Crippen LogP contribution in [0.25, 0.3) is 17.1 Å². The summed E-state index contributed by atoms with van der Waals surface area (Å²) >= 11 is 5.92. The number of sulfone groups is 1. The predicted molar refractivity (Wildman–Crippen MR) is 89.4 cm³/mol. The van der Waals surface area contributed by atoms with Crippen molar-refractivity contribution < 1.29 is 13.3 Å². The summed E-state index contributed by atoms with van der Waals surface area (Å²) in [6, 6.07) is 10.2. The van der Waals surface area contributed by atoms with E-state index in [1.807, 2.05) is 0 Å². The highest BCUT2D eigenvalue weighted by Crippen LogP contribution is 2.26. The van der Waals surface area contributed by atoms with Gasteiger partial charge in [-0.2, -0.15) is 0 Å². The fourth-order valence-corrected chi connectivity index (χ4v) is 2.94. The standard InChI is InChI=1S/C14H10ClN5O4S/c1-25(23,24)11-5-6-12(13(8-11)20(21)22)19-17-14(16-18-19)9-3-2-4-10(15)7-9/h2-8H,1H3. The van der Waals surface area contributed by atoms with E-state index in [0.717, 1.165) is 17.1 Å². The second kappa shape index (κ2) is 6.22. The third kappa shape index (κ3) is 3.49. The zero-order valence-electron chi connectivity index (χ0n) is 12.7. The van der Waals surface area contributed by atoms with E-state index in [4.69, 9.17) is 11.6 Å². The van der Waals surface area contributed by atoms with Crippen molar-refractivity contribution in [2.24, 2.45) is 0 Å². The summed E-state index contributed by atoms with van der Waals surface area (Å²) in [6.07, 6.45) is 0.969. The molecule has 3 rings (SSSR count). The molecule has 2 aromatic carbocycles. The average molecular weight is 380 g/mol. The molecular weight excluding hydrogens is 370 g/mol. The van der Waals surface area contributed by atoms with Crippen LogP contribution >= 0.6 is 11.6 Å². The lowest BCUT2D eigenvalue weighted by Crippen LogP contribution is -2.06. The minimum Gasteiger partial charge on any atom is -0.258 e. The van der Waals surface area contributed by atoms with Crippen molar-refractivity contribution in [1.29, 1.82) is 0 Å². The highest BCUT2D eigenvalue weighted by molar-refractivity contribution is 7.90. The van der Waals surface area contributed by atoms with Crippen molar-refractivity contribution in [2.45, 2.75) is 4.90 Å². The van der Waals surface area contributed by atoms with Crippen LogP contribution < -0.4 is 0 Å². The maximum Gasteiger partial charge on any atom is 0.298 e. The van der Waals surface area contributed by atoms with E-state index in [1.54, 1.807) is 24.3 Å². The van der Waals surface area contributed by atoms with Gasteiger partial charge in [0.1, 0.15) is 0 Å². The van der Waals surface area contributed by atoms with Gasteiger partial charge in [-0.3, -0.25) is 10.1 Å². The molecule has 0 atom stereocenters. The fraction of sp³-hybridized carbons (Fsp3) is 0.0714. The van der Waals surface area contributed by atoms with Crippen LogP contribution in [0.3, 0.4) is 0 Å². The number of nitro groups is 1. The predicted octanol–water partition coefficient (Wildman–Crippen LogP) is 2.29. The molecule has 0 aliphatic rings. The van der Waals surface area contributed by atoms with E-state index in [0.29, 0.717) is 10.6 Å². The molecule has 0 radical (unpaired) electrons. The van der Waals surface area contributed by atoms with Crippen molar-refractivity contribution >= 4 is 27.1 Å². The highest BCUT2D eigenvalue weighted by Gasteiger charge is 2.22.